The molecule has 2 aromatic carbocycles. The Balaban J connectivity index is -0.000000350. The average Bonchev–Trinajstić information content (AvgIpc) is 2.68. The van der Waals surface area contributed by atoms with E-state index in [9.17, 15) is 9.90 Å². The molecule has 0 aliphatic carbocycles. The Morgan fingerprint density at radius 3 is 1.73 bits per heavy atom. The van der Waals surface area contributed by atoms with Crippen molar-refractivity contribution in [2.75, 3.05) is 0 Å². The first-order valence-corrected chi connectivity index (χ1v) is 7.99. The Bertz CT molecular complexity index is 547. The van der Waals surface area contributed by atoms with Crippen LogP contribution in [-0.4, -0.2) is 40.5 Å². The molecule has 2 aromatic rings. The van der Waals surface area contributed by atoms with Crippen molar-refractivity contribution in [2.24, 2.45) is 0 Å². The van der Waals surface area contributed by atoms with Crippen molar-refractivity contribution < 1.29 is 26.9 Å². The van der Waals surface area contributed by atoms with Gasteiger partial charge in [-0.2, -0.15) is 0 Å². The molecule has 0 spiro atoms. The van der Waals surface area contributed by atoms with Crippen LogP contribution in [0.25, 0.3) is 0 Å². The van der Waals surface area contributed by atoms with Gasteiger partial charge in [-0.1, -0.05) is 66.7 Å². The van der Waals surface area contributed by atoms with Gasteiger partial charge in [0.15, 0.2) is 0 Å². The molecule has 0 heterocycles. The van der Waals surface area contributed by atoms with Crippen LogP contribution in [0.5, 0.6) is 0 Å². The minimum absolute atomic E-state index is 0. The van der Waals surface area contributed by atoms with Gasteiger partial charge in [0.05, 0.1) is 6.10 Å². The number of aliphatic hydroxyl groups is 1. The van der Waals surface area contributed by atoms with E-state index in [1.165, 1.54) is 11.1 Å². The monoisotopic (exact) mass is 426 g/mol. The number of benzene rings is 2. The number of carbonyl (C=O) groups excluding carboxylic acids is 1. The van der Waals surface area contributed by atoms with Crippen molar-refractivity contribution in [2.45, 2.75) is 31.8 Å². The number of aliphatic hydroxyl groups excluding tert-OH is 1. The van der Waals surface area contributed by atoms with Crippen LogP contribution in [-0.2, 0) is 17.6 Å². The van der Waals surface area contributed by atoms with Crippen LogP contribution in [0.2, 0.25) is 0 Å². The molecule has 4 heteroatoms. The number of rotatable bonds is 7. The van der Waals surface area contributed by atoms with E-state index in [2.05, 4.69) is 31.9 Å². The van der Waals surface area contributed by atoms with Crippen LogP contribution in [0.1, 0.15) is 24.0 Å². The van der Waals surface area contributed by atoms with Crippen molar-refractivity contribution in [1.29, 1.82) is 0 Å². The summed E-state index contributed by atoms with van der Waals surface area (Å²) in [5.41, 5.74) is 2.49. The Labute approximate surface area is 185 Å². The predicted octanol–water partition coefficient (Wildman–Crippen LogP) is 1.21. The summed E-state index contributed by atoms with van der Waals surface area (Å²) in [5.74, 6) is 0. The number of aldehydes is 1. The molecule has 0 amide bonds. The molecule has 0 aliphatic heterocycles. The van der Waals surface area contributed by atoms with Crippen LogP contribution >= 0.6 is 0 Å². The molecular weight excluding hydrogens is 400 g/mol. The first kappa shape index (κ1) is 29.6. The molecule has 1 unspecified atom stereocenters. The van der Waals surface area contributed by atoms with Crippen LogP contribution in [0.15, 0.2) is 79.9 Å². The maximum atomic E-state index is 9.98. The van der Waals surface area contributed by atoms with Gasteiger partial charge in [-0.15, -0.1) is 6.58 Å². The summed E-state index contributed by atoms with van der Waals surface area (Å²) in [6.07, 6.45) is 5.32. The topological polar surface area (TPSA) is 37.3 Å². The van der Waals surface area contributed by atoms with Gasteiger partial charge in [-0.3, -0.25) is 6.58 Å². The third kappa shape index (κ3) is 16.3. The second kappa shape index (κ2) is 21.8. The van der Waals surface area contributed by atoms with Gasteiger partial charge in [-0.25, -0.2) is 0 Å². The first-order valence-electron chi connectivity index (χ1n) is 7.99. The van der Waals surface area contributed by atoms with Gasteiger partial charge < -0.3 is 33.5 Å². The fourth-order valence-electron chi connectivity index (χ4n) is 1.95. The number of halogens is 1. The van der Waals surface area contributed by atoms with Gasteiger partial charge in [0, 0.05) is 6.42 Å². The maximum Gasteiger partial charge on any atom is 2.00 e. The van der Waals surface area contributed by atoms with E-state index in [4.69, 9.17) is 0 Å². The zero-order valence-electron chi connectivity index (χ0n) is 15.3. The number of hydrogen-bond acceptors (Lipinski definition) is 2. The summed E-state index contributed by atoms with van der Waals surface area (Å²) >= 11 is 0. The Hall–Kier alpha value is -1.20. The van der Waals surface area contributed by atoms with E-state index in [0.717, 1.165) is 25.5 Å². The summed E-state index contributed by atoms with van der Waals surface area (Å²) < 4.78 is 0. The molecule has 0 aliphatic rings. The molecule has 0 saturated heterocycles. The van der Waals surface area contributed by atoms with E-state index in [1.807, 2.05) is 48.5 Å². The van der Waals surface area contributed by atoms with E-state index in [0.29, 0.717) is 6.42 Å². The standard InChI is InChI=1S/C11H14O.C9H10O.C2H3.BrH.Mg/c1-2-11(12)9-8-10-6-4-3-5-7-10;10-8-4-7-9-5-2-1-3-6-9;1-2;;/h2-7,11-12H,1,8-9H2;1-3,5-6,8H,4,7H2;1H,2H2;1H;/q;;-1;;+2/p-1. The van der Waals surface area contributed by atoms with Crippen LogP contribution in [0, 0.1) is 6.58 Å². The number of hydrogen-bond donors (Lipinski definition) is 1. The van der Waals surface area contributed by atoms with E-state index in [-0.39, 0.29) is 46.1 Å². The van der Waals surface area contributed by atoms with E-state index in [1.54, 1.807) is 6.08 Å². The molecule has 0 radical (unpaired) electrons. The molecule has 26 heavy (non-hydrogen) atoms. The summed E-state index contributed by atoms with van der Waals surface area (Å²) in [4.78, 5) is 9.98. The Morgan fingerprint density at radius 2 is 1.35 bits per heavy atom. The van der Waals surface area contributed by atoms with Crippen molar-refractivity contribution >= 4 is 29.3 Å². The molecule has 0 fully saturated rings. The largest absolute Gasteiger partial charge is 2.00 e. The molecule has 1 N–H and O–H groups in total. The average molecular weight is 428 g/mol. The molecule has 2 nitrogen and oxygen atoms in total. The van der Waals surface area contributed by atoms with Gasteiger partial charge >= 0.3 is 23.1 Å². The summed E-state index contributed by atoms with van der Waals surface area (Å²) in [7, 11) is 0. The van der Waals surface area contributed by atoms with Crippen molar-refractivity contribution in [3.05, 3.63) is 97.6 Å². The van der Waals surface area contributed by atoms with Crippen molar-refractivity contribution in [1.82, 2.24) is 0 Å². The number of aryl methyl sites for hydroxylation is 2. The summed E-state index contributed by atoms with van der Waals surface area (Å²) in [6.45, 7) is 10.5. The zero-order chi connectivity index (χ0) is 18.0. The second-order valence-electron chi connectivity index (χ2n) is 5.02. The van der Waals surface area contributed by atoms with Crippen molar-refractivity contribution in [3.8, 4) is 0 Å². The third-order valence-electron chi connectivity index (χ3n) is 3.24. The van der Waals surface area contributed by atoms with Gasteiger partial charge in [-0.05, 0) is 30.4 Å². The normalized spacial score (nSPS) is 9.42. The molecule has 0 saturated carbocycles. The number of carbonyl (C=O) groups is 1. The molecular formula is C22H27BrMgO2. The Kier molecular flexibility index (Phi) is 24.8. The first-order chi connectivity index (χ1) is 11.8. The molecule has 2 rings (SSSR count). The van der Waals surface area contributed by atoms with Crippen LogP contribution in [0.3, 0.4) is 0 Å². The second-order valence-corrected chi connectivity index (χ2v) is 5.02. The SMILES string of the molecule is C=CC(O)CCc1ccccc1.O=CCCc1ccccc1.[Br-].[CH-]=C.[Mg+2]. The fourth-order valence-corrected chi connectivity index (χ4v) is 1.95. The smallest absolute Gasteiger partial charge is 1.00 e. The predicted molar refractivity (Wildman–Crippen MR) is 107 cm³/mol. The van der Waals surface area contributed by atoms with Crippen LogP contribution in [0.4, 0.5) is 0 Å². The quantitative estimate of drug-likeness (QED) is 0.312. The third-order valence-corrected chi connectivity index (χ3v) is 3.24. The summed E-state index contributed by atoms with van der Waals surface area (Å²) in [5, 5.41) is 9.20. The van der Waals surface area contributed by atoms with Crippen molar-refractivity contribution in [3.63, 3.8) is 0 Å². The van der Waals surface area contributed by atoms with Gasteiger partial charge in [0.25, 0.3) is 0 Å². The zero-order valence-corrected chi connectivity index (χ0v) is 18.3. The minimum Gasteiger partial charge on any atom is -1.00 e. The molecule has 136 valence electrons. The fraction of sp³-hybridized carbons (Fsp3) is 0.227. The van der Waals surface area contributed by atoms with Gasteiger partial charge in [0.1, 0.15) is 6.29 Å². The van der Waals surface area contributed by atoms with E-state index >= 15 is 0 Å². The van der Waals surface area contributed by atoms with E-state index < -0.39 is 0 Å². The molecule has 0 aromatic heterocycles. The Morgan fingerprint density at radius 1 is 0.923 bits per heavy atom. The molecule has 0 bridgehead atoms. The maximum absolute atomic E-state index is 9.98. The minimum atomic E-state index is -0.370. The van der Waals surface area contributed by atoms with Crippen LogP contribution < -0.4 is 17.0 Å². The molecule has 1 atom stereocenters. The van der Waals surface area contributed by atoms with Gasteiger partial charge in [0.2, 0.25) is 0 Å². The summed E-state index contributed by atoms with van der Waals surface area (Å²) in [6, 6.07) is 20.2.